The minimum Gasteiger partial charge on any atom is -0.345 e. The first kappa shape index (κ1) is 15.6. The van der Waals surface area contributed by atoms with E-state index in [1.807, 2.05) is 4.68 Å². The molecule has 0 aliphatic carbocycles. The van der Waals surface area contributed by atoms with Crippen LogP contribution < -0.4 is 4.90 Å². The summed E-state index contributed by atoms with van der Waals surface area (Å²) in [4.78, 5) is 6.21. The summed E-state index contributed by atoms with van der Waals surface area (Å²) in [5.41, 5.74) is 0.470. The standard InChI is InChI=1S/C15H14BrFN6S/c16-10-3-4-13(17)12(6-10)14-20-21-15(24-14)22-5-1-2-11(7-22)23-9-18-8-19-23/h3-4,6,8-9,11H,1-2,5,7H2. The van der Waals surface area contributed by atoms with Crippen LogP contribution in [0.25, 0.3) is 10.6 Å². The molecule has 4 rings (SSSR count). The normalized spacial score (nSPS) is 18.1. The van der Waals surface area contributed by atoms with Gasteiger partial charge in [-0.25, -0.2) is 14.1 Å². The van der Waals surface area contributed by atoms with Crippen LogP contribution in [0.3, 0.4) is 0 Å². The van der Waals surface area contributed by atoms with Crippen LogP contribution in [-0.4, -0.2) is 38.1 Å². The summed E-state index contributed by atoms with van der Waals surface area (Å²) in [5.74, 6) is -0.292. The van der Waals surface area contributed by atoms with Gasteiger partial charge in [0.15, 0.2) is 5.01 Å². The van der Waals surface area contributed by atoms with Crippen LogP contribution in [0.1, 0.15) is 18.9 Å². The van der Waals surface area contributed by atoms with Gasteiger partial charge < -0.3 is 4.90 Å². The molecule has 0 spiro atoms. The van der Waals surface area contributed by atoms with Crippen molar-refractivity contribution in [3.8, 4) is 10.6 Å². The van der Waals surface area contributed by atoms with Crippen molar-refractivity contribution in [2.75, 3.05) is 18.0 Å². The predicted octanol–water partition coefficient (Wildman–Crippen LogP) is 3.54. The van der Waals surface area contributed by atoms with E-state index >= 15 is 0 Å². The van der Waals surface area contributed by atoms with E-state index in [1.165, 1.54) is 17.4 Å². The Labute approximate surface area is 150 Å². The number of hydrogen-bond acceptors (Lipinski definition) is 6. The monoisotopic (exact) mass is 408 g/mol. The molecule has 0 radical (unpaired) electrons. The summed E-state index contributed by atoms with van der Waals surface area (Å²) in [5, 5.41) is 14.1. The predicted molar refractivity (Wildman–Crippen MR) is 93.5 cm³/mol. The lowest BCUT2D eigenvalue weighted by molar-refractivity contribution is 0.375. The van der Waals surface area contributed by atoms with Crippen molar-refractivity contribution in [1.29, 1.82) is 0 Å². The van der Waals surface area contributed by atoms with E-state index in [0.29, 0.717) is 10.6 Å². The van der Waals surface area contributed by atoms with E-state index in [-0.39, 0.29) is 11.9 Å². The van der Waals surface area contributed by atoms with Gasteiger partial charge in [-0.1, -0.05) is 27.3 Å². The molecule has 1 aromatic carbocycles. The van der Waals surface area contributed by atoms with Crippen molar-refractivity contribution >= 4 is 32.4 Å². The molecular formula is C15H14BrFN6S. The smallest absolute Gasteiger partial charge is 0.208 e. The lowest BCUT2D eigenvalue weighted by atomic mass is 10.1. The Hall–Kier alpha value is -1.87. The maximum Gasteiger partial charge on any atom is 0.208 e. The number of benzene rings is 1. The summed E-state index contributed by atoms with van der Waals surface area (Å²) < 4.78 is 16.8. The van der Waals surface area contributed by atoms with E-state index in [1.54, 1.807) is 24.8 Å². The fraction of sp³-hybridized carbons (Fsp3) is 0.333. The molecule has 0 N–H and O–H groups in total. The highest BCUT2D eigenvalue weighted by Crippen LogP contribution is 2.34. The third-order valence-electron chi connectivity index (χ3n) is 4.05. The topological polar surface area (TPSA) is 59.7 Å². The third kappa shape index (κ3) is 3.05. The highest BCUT2D eigenvalue weighted by Gasteiger charge is 2.24. The van der Waals surface area contributed by atoms with Crippen LogP contribution in [0, 0.1) is 5.82 Å². The van der Waals surface area contributed by atoms with Gasteiger partial charge in [0.25, 0.3) is 0 Å². The molecule has 3 heterocycles. The molecule has 1 aliphatic heterocycles. The number of halogens is 2. The molecule has 1 atom stereocenters. The van der Waals surface area contributed by atoms with Crippen molar-refractivity contribution in [1.82, 2.24) is 25.0 Å². The first-order chi connectivity index (χ1) is 11.7. The number of piperidine rings is 1. The van der Waals surface area contributed by atoms with E-state index in [4.69, 9.17) is 0 Å². The van der Waals surface area contributed by atoms with Gasteiger partial charge in [0.1, 0.15) is 18.5 Å². The summed E-state index contributed by atoms with van der Waals surface area (Å²) in [7, 11) is 0. The summed E-state index contributed by atoms with van der Waals surface area (Å²) in [6.07, 6.45) is 5.41. The highest BCUT2D eigenvalue weighted by atomic mass is 79.9. The van der Waals surface area contributed by atoms with Crippen molar-refractivity contribution in [3.63, 3.8) is 0 Å². The van der Waals surface area contributed by atoms with Gasteiger partial charge in [0.2, 0.25) is 5.13 Å². The second-order valence-electron chi connectivity index (χ2n) is 5.63. The maximum absolute atomic E-state index is 14.0. The van der Waals surface area contributed by atoms with E-state index < -0.39 is 0 Å². The average molecular weight is 409 g/mol. The molecule has 24 heavy (non-hydrogen) atoms. The quantitative estimate of drug-likeness (QED) is 0.663. The van der Waals surface area contributed by atoms with Crippen LogP contribution in [0.2, 0.25) is 0 Å². The molecule has 1 aliphatic rings. The Morgan fingerprint density at radius 3 is 3.04 bits per heavy atom. The Balaban J connectivity index is 1.57. The fourth-order valence-electron chi connectivity index (χ4n) is 2.86. The second kappa shape index (κ2) is 6.56. The Bertz CT molecular complexity index is 836. The van der Waals surface area contributed by atoms with Gasteiger partial charge in [-0.15, -0.1) is 10.2 Å². The molecule has 124 valence electrons. The van der Waals surface area contributed by atoms with Crippen molar-refractivity contribution in [3.05, 3.63) is 41.1 Å². The summed E-state index contributed by atoms with van der Waals surface area (Å²) in [6, 6.07) is 5.11. The number of rotatable bonds is 3. The van der Waals surface area contributed by atoms with Crippen LogP contribution in [0.15, 0.2) is 35.3 Å². The van der Waals surface area contributed by atoms with Crippen LogP contribution in [-0.2, 0) is 0 Å². The Morgan fingerprint density at radius 1 is 1.29 bits per heavy atom. The lowest BCUT2D eigenvalue weighted by Crippen LogP contribution is -2.36. The van der Waals surface area contributed by atoms with E-state index in [0.717, 1.165) is 35.5 Å². The highest BCUT2D eigenvalue weighted by molar-refractivity contribution is 9.10. The average Bonchev–Trinajstić information content (AvgIpc) is 3.29. The first-order valence-corrected chi connectivity index (χ1v) is 9.19. The number of nitrogens with zero attached hydrogens (tertiary/aromatic N) is 6. The Kier molecular flexibility index (Phi) is 4.28. The van der Waals surface area contributed by atoms with Gasteiger partial charge in [-0.05, 0) is 31.0 Å². The minimum absolute atomic E-state index is 0.274. The van der Waals surface area contributed by atoms with E-state index in [9.17, 15) is 4.39 Å². The molecule has 0 saturated carbocycles. The molecule has 1 fully saturated rings. The zero-order valence-electron chi connectivity index (χ0n) is 12.6. The molecule has 6 nitrogen and oxygen atoms in total. The molecule has 0 bridgehead atoms. The van der Waals surface area contributed by atoms with Crippen molar-refractivity contribution in [2.24, 2.45) is 0 Å². The summed E-state index contributed by atoms with van der Waals surface area (Å²) in [6.45, 7) is 1.72. The van der Waals surface area contributed by atoms with Gasteiger partial charge in [0, 0.05) is 23.1 Å². The Morgan fingerprint density at radius 2 is 2.21 bits per heavy atom. The maximum atomic E-state index is 14.0. The molecule has 0 amide bonds. The number of hydrogen-bond donors (Lipinski definition) is 0. The summed E-state index contributed by atoms with van der Waals surface area (Å²) >= 11 is 4.78. The number of aromatic nitrogens is 5. The molecule has 2 aromatic heterocycles. The van der Waals surface area contributed by atoms with Crippen LogP contribution in [0.5, 0.6) is 0 Å². The van der Waals surface area contributed by atoms with Gasteiger partial charge in [-0.2, -0.15) is 5.10 Å². The van der Waals surface area contributed by atoms with Crippen molar-refractivity contribution in [2.45, 2.75) is 18.9 Å². The minimum atomic E-state index is -0.292. The molecule has 9 heteroatoms. The molecular weight excluding hydrogens is 395 g/mol. The fourth-order valence-corrected chi connectivity index (χ4v) is 4.12. The lowest BCUT2D eigenvalue weighted by Gasteiger charge is -2.31. The van der Waals surface area contributed by atoms with Gasteiger partial charge >= 0.3 is 0 Å². The first-order valence-electron chi connectivity index (χ1n) is 7.59. The van der Waals surface area contributed by atoms with E-state index in [2.05, 4.69) is 41.1 Å². The molecule has 3 aromatic rings. The third-order valence-corrected chi connectivity index (χ3v) is 5.56. The largest absolute Gasteiger partial charge is 0.345 e. The molecule has 1 unspecified atom stereocenters. The zero-order chi connectivity index (χ0) is 16.5. The van der Waals surface area contributed by atoms with Crippen LogP contribution in [0.4, 0.5) is 9.52 Å². The number of anilines is 1. The van der Waals surface area contributed by atoms with Gasteiger partial charge in [-0.3, -0.25) is 0 Å². The second-order valence-corrected chi connectivity index (χ2v) is 7.50. The SMILES string of the molecule is Fc1ccc(Br)cc1-c1nnc(N2CCCC(n3cncn3)C2)s1. The van der Waals surface area contributed by atoms with Crippen LogP contribution >= 0.6 is 27.3 Å². The molecule has 1 saturated heterocycles. The zero-order valence-corrected chi connectivity index (χ0v) is 15.0. The van der Waals surface area contributed by atoms with Gasteiger partial charge in [0.05, 0.1) is 6.04 Å². The van der Waals surface area contributed by atoms with Crippen molar-refractivity contribution < 1.29 is 4.39 Å².